The zero-order valence-electron chi connectivity index (χ0n) is 14.0. The van der Waals surface area contributed by atoms with Crippen molar-refractivity contribution in [1.82, 2.24) is 4.98 Å². The van der Waals surface area contributed by atoms with Crippen LogP contribution in [0.4, 0.5) is 11.5 Å². The number of benzene rings is 1. The number of anilines is 1. The van der Waals surface area contributed by atoms with E-state index in [0.717, 1.165) is 6.20 Å². The maximum absolute atomic E-state index is 12.1. The number of nitro groups is 1. The summed E-state index contributed by atoms with van der Waals surface area (Å²) in [6.07, 6.45) is 3.99. The summed E-state index contributed by atoms with van der Waals surface area (Å²) in [5, 5.41) is 13.3. The van der Waals surface area contributed by atoms with Crippen LogP contribution in [0.1, 0.15) is 11.1 Å². The highest BCUT2D eigenvalue weighted by atomic mass is 16.6. The normalized spacial score (nSPS) is 10.5. The van der Waals surface area contributed by atoms with Gasteiger partial charge in [-0.2, -0.15) is 0 Å². The fraction of sp³-hybridized carbons (Fsp3) is 0.176. The molecule has 0 bridgehead atoms. The van der Waals surface area contributed by atoms with Crippen LogP contribution in [-0.4, -0.2) is 30.0 Å². The summed E-state index contributed by atoms with van der Waals surface area (Å²) in [4.78, 5) is 26.1. The van der Waals surface area contributed by atoms with E-state index in [0.29, 0.717) is 22.6 Å². The molecule has 130 valence electrons. The molecule has 1 amide bonds. The molecule has 0 aliphatic rings. The summed E-state index contributed by atoms with van der Waals surface area (Å²) in [5.74, 6) is 1.07. The number of pyridine rings is 1. The molecule has 2 aromatic rings. The van der Waals surface area contributed by atoms with Gasteiger partial charge in [-0.25, -0.2) is 4.98 Å². The number of nitrogens with zero attached hydrogens (tertiary/aromatic N) is 2. The van der Waals surface area contributed by atoms with Gasteiger partial charge in [0.2, 0.25) is 5.91 Å². The van der Waals surface area contributed by atoms with Crippen LogP contribution in [0.3, 0.4) is 0 Å². The average molecular weight is 343 g/mol. The van der Waals surface area contributed by atoms with Crippen molar-refractivity contribution >= 4 is 23.5 Å². The first-order valence-electron chi connectivity index (χ1n) is 7.26. The molecule has 0 atom stereocenters. The summed E-state index contributed by atoms with van der Waals surface area (Å²) < 4.78 is 10.4. The molecule has 0 spiro atoms. The Kier molecular flexibility index (Phi) is 5.67. The molecule has 0 aliphatic heterocycles. The number of carbonyl (C=O) groups excluding carboxylic acids is 1. The Bertz CT molecular complexity index is 833. The van der Waals surface area contributed by atoms with Gasteiger partial charge in [0.25, 0.3) is 5.69 Å². The van der Waals surface area contributed by atoms with Crippen molar-refractivity contribution in [1.29, 1.82) is 0 Å². The molecule has 2 rings (SSSR count). The molecule has 0 saturated carbocycles. The smallest absolute Gasteiger partial charge is 0.287 e. The van der Waals surface area contributed by atoms with E-state index in [1.54, 1.807) is 38.3 Å². The van der Waals surface area contributed by atoms with Gasteiger partial charge in [0, 0.05) is 17.7 Å². The molecule has 25 heavy (non-hydrogen) atoms. The third-order valence-electron chi connectivity index (χ3n) is 3.37. The molecule has 8 heteroatoms. The molecule has 1 heterocycles. The Labute approximate surface area is 144 Å². The maximum Gasteiger partial charge on any atom is 0.287 e. The van der Waals surface area contributed by atoms with E-state index in [2.05, 4.69) is 10.3 Å². The number of ether oxygens (including phenoxy) is 2. The van der Waals surface area contributed by atoms with Crippen LogP contribution in [0.15, 0.2) is 36.5 Å². The van der Waals surface area contributed by atoms with Gasteiger partial charge in [0.15, 0.2) is 0 Å². The second-order valence-electron chi connectivity index (χ2n) is 5.05. The van der Waals surface area contributed by atoms with E-state index < -0.39 is 10.8 Å². The molecule has 8 nitrogen and oxygen atoms in total. The Hall–Kier alpha value is -3.42. The monoisotopic (exact) mass is 343 g/mol. The van der Waals surface area contributed by atoms with Crippen LogP contribution < -0.4 is 14.8 Å². The number of nitrogens with one attached hydrogen (secondary N) is 1. The number of aryl methyl sites for hydroxylation is 1. The van der Waals surface area contributed by atoms with Gasteiger partial charge in [-0.15, -0.1) is 0 Å². The van der Waals surface area contributed by atoms with Crippen molar-refractivity contribution in [3.05, 3.63) is 57.8 Å². The lowest BCUT2D eigenvalue weighted by atomic mass is 10.1. The average Bonchev–Trinajstić information content (AvgIpc) is 2.61. The van der Waals surface area contributed by atoms with Crippen LogP contribution in [0.2, 0.25) is 0 Å². The van der Waals surface area contributed by atoms with Crippen LogP contribution in [0.25, 0.3) is 6.08 Å². The van der Waals surface area contributed by atoms with E-state index in [9.17, 15) is 14.9 Å². The topological polar surface area (TPSA) is 104 Å². The maximum atomic E-state index is 12.1. The number of aromatic nitrogens is 1. The first kappa shape index (κ1) is 17.9. The van der Waals surface area contributed by atoms with E-state index in [-0.39, 0.29) is 11.5 Å². The third kappa shape index (κ3) is 4.54. The van der Waals surface area contributed by atoms with Crippen molar-refractivity contribution < 1.29 is 19.2 Å². The minimum Gasteiger partial charge on any atom is -0.497 e. The standard InChI is InChI=1S/C17H17N3O5/c1-11-8-13(20(22)23)10-18-17(11)19-16(21)7-4-12-9-14(24-2)5-6-15(12)25-3/h4-10H,1-3H3,(H,18,19,21)/b7-4+. The molecule has 0 fully saturated rings. The van der Waals surface area contributed by atoms with Gasteiger partial charge in [-0.3, -0.25) is 14.9 Å². The number of hydrogen-bond acceptors (Lipinski definition) is 6. The Morgan fingerprint density at radius 1 is 1.28 bits per heavy atom. The van der Waals surface area contributed by atoms with Gasteiger partial charge in [-0.05, 0) is 36.8 Å². The quantitative estimate of drug-likeness (QED) is 0.491. The highest BCUT2D eigenvalue weighted by Gasteiger charge is 2.11. The fourth-order valence-electron chi connectivity index (χ4n) is 2.08. The zero-order chi connectivity index (χ0) is 18.4. The summed E-state index contributed by atoms with van der Waals surface area (Å²) in [5.41, 5.74) is 1.03. The summed E-state index contributed by atoms with van der Waals surface area (Å²) in [6, 6.07) is 6.56. The Morgan fingerprint density at radius 3 is 2.64 bits per heavy atom. The molecule has 1 aromatic heterocycles. The predicted molar refractivity (Wildman–Crippen MR) is 92.8 cm³/mol. The zero-order valence-corrected chi connectivity index (χ0v) is 14.0. The Balaban J connectivity index is 2.15. The van der Waals surface area contributed by atoms with Crippen molar-refractivity contribution in [2.75, 3.05) is 19.5 Å². The van der Waals surface area contributed by atoms with Gasteiger partial charge in [0.05, 0.1) is 19.1 Å². The second kappa shape index (κ2) is 7.91. The molecule has 0 unspecified atom stereocenters. The summed E-state index contributed by atoms with van der Waals surface area (Å²) in [7, 11) is 3.08. The van der Waals surface area contributed by atoms with Gasteiger partial charge < -0.3 is 14.8 Å². The van der Waals surface area contributed by atoms with E-state index in [1.165, 1.54) is 19.3 Å². The minimum atomic E-state index is -0.541. The molecular formula is C17H17N3O5. The SMILES string of the molecule is COc1ccc(OC)c(/C=C/C(=O)Nc2ncc([N+](=O)[O-])cc2C)c1. The lowest BCUT2D eigenvalue weighted by Gasteiger charge is -2.07. The Morgan fingerprint density at radius 2 is 2.04 bits per heavy atom. The molecule has 1 N–H and O–H groups in total. The molecule has 0 aliphatic carbocycles. The largest absolute Gasteiger partial charge is 0.497 e. The van der Waals surface area contributed by atoms with Crippen LogP contribution in [-0.2, 0) is 4.79 Å². The number of hydrogen-bond donors (Lipinski definition) is 1. The lowest BCUT2D eigenvalue weighted by molar-refractivity contribution is -0.385. The first-order chi connectivity index (χ1) is 11.9. The third-order valence-corrected chi connectivity index (χ3v) is 3.37. The summed E-state index contributed by atoms with van der Waals surface area (Å²) >= 11 is 0. The summed E-state index contributed by atoms with van der Waals surface area (Å²) in [6.45, 7) is 1.63. The van der Waals surface area contributed by atoms with Gasteiger partial charge >= 0.3 is 0 Å². The van der Waals surface area contributed by atoms with E-state index in [4.69, 9.17) is 9.47 Å². The molecule has 1 aromatic carbocycles. The van der Waals surface area contributed by atoms with Gasteiger partial charge in [-0.1, -0.05) is 0 Å². The molecule has 0 radical (unpaired) electrons. The van der Waals surface area contributed by atoms with Crippen molar-refractivity contribution in [2.24, 2.45) is 0 Å². The predicted octanol–water partition coefficient (Wildman–Crippen LogP) is 2.97. The first-order valence-corrected chi connectivity index (χ1v) is 7.26. The minimum absolute atomic E-state index is 0.132. The van der Waals surface area contributed by atoms with Crippen molar-refractivity contribution in [3.63, 3.8) is 0 Å². The van der Waals surface area contributed by atoms with Crippen LogP contribution >= 0.6 is 0 Å². The molecule has 0 saturated heterocycles. The number of carbonyl (C=O) groups is 1. The van der Waals surface area contributed by atoms with Crippen LogP contribution in [0, 0.1) is 17.0 Å². The molecular weight excluding hydrogens is 326 g/mol. The van der Waals surface area contributed by atoms with Crippen molar-refractivity contribution in [2.45, 2.75) is 6.92 Å². The second-order valence-corrected chi connectivity index (χ2v) is 5.05. The highest BCUT2D eigenvalue weighted by molar-refractivity contribution is 6.02. The lowest BCUT2D eigenvalue weighted by Crippen LogP contribution is -2.10. The number of amides is 1. The number of methoxy groups -OCH3 is 2. The van der Waals surface area contributed by atoms with Gasteiger partial charge in [0.1, 0.15) is 23.5 Å². The van der Waals surface area contributed by atoms with E-state index >= 15 is 0 Å². The fourth-order valence-corrected chi connectivity index (χ4v) is 2.08. The van der Waals surface area contributed by atoms with E-state index in [1.807, 2.05) is 0 Å². The van der Waals surface area contributed by atoms with Crippen molar-refractivity contribution in [3.8, 4) is 11.5 Å². The highest BCUT2D eigenvalue weighted by Crippen LogP contribution is 2.25. The van der Waals surface area contributed by atoms with Crippen LogP contribution in [0.5, 0.6) is 11.5 Å². The number of rotatable bonds is 6.